The zero-order valence-electron chi connectivity index (χ0n) is 17.2. The summed E-state index contributed by atoms with van der Waals surface area (Å²) in [5.74, 6) is 1.32. The zero-order valence-corrected chi connectivity index (χ0v) is 18.0. The van der Waals surface area contributed by atoms with Crippen LogP contribution in [0.25, 0.3) is 0 Å². The Hall–Kier alpha value is -3.52. The third kappa shape index (κ3) is 3.94. The van der Waals surface area contributed by atoms with Crippen molar-refractivity contribution in [3.8, 4) is 11.5 Å². The number of amides is 2. The van der Waals surface area contributed by atoms with Gasteiger partial charge in [0.25, 0.3) is 10.0 Å². The molecule has 0 fully saturated rings. The number of rotatable bonds is 6. The molecule has 0 spiro atoms. The van der Waals surface area contributed by atoms with Gasteiger partial charge in [0.1, 0.15) is 16.4 Å². The average molecular weight is 439 g/mol. The molecule has 0 N–H and O–H groups in total. The lowest BCUT2D eigenvalue weighted by Crippen LogP contribution is -2.49. The van der Waals surface area contributed by atoms with Crippen molar-refractivity contribution in [2.45, 2.75) is 18.0 Å². The van der Waals surface area contributed by atoms with Gasteiger partial charge >= 0.3 is 6.03 Å². The highest BCUT2D eigenvalue weighted by molar-refractivity contribution is 7.90. The molecule has 3 aromatic carbocycles. The van der Waals surface area contributed by atoms with Crippen molar-refractivity contribution in [3.05, 3.63) is 83.9 Å². The Morgan fingerprint density at radius 1 is 0.774 bits per heavy atom. The standard InChI is InChI=1S/C23H22N2O5S/c1-29-19-12-10-17(11-13-19)16-25-23(26)24(15-18-6-5-7-20(14-18)30-2)21-8-3-4-9-22(21)31(25,27)28/h3-14H,15-16H2,1-2H3. The van der Waals surface area contributed by atoms with E-state index in [0.29, 0.717) is 22.7 Å². The Morgan fingerprint density at radius 2 is 1.48 bits per heavy atom. The maximum atomic E-state index is 13.4. The molecule has 0 unspecified atom stereocenters. The number of carbonyl (C=O) groups is 1. The van der Waals surface area contributed by atoms with Crippen molar-refractivity contribution in [2.24, 2.45) is 0 Å². The van der Waals surface area contributed by atoms with Crippen LogP contribution in [-0.4, -0.2) is 33.0 Å². The first-order chi connectivity index (χ1) is 14.9. The average Bonchev–Trinajstić information content (AvgIpc) is 2.80. The molecule has 0 bridgehead atoms. The second-order valence-corrected chi connectivity index (χ2v) is 8.88. The van der Waals surface area contributed by atoms with E-state index in [0.717, 1.165) is 9.87 Å². The van der Waals surface area contributed by atoms with Crippen molar-refractivity contribution >= 4 is 21.7 Å². The minimum absolute atomic E-state index is 0.0753. The zero-order chi connectivity index (χ0) is 22.0. The van der Waals surface area contributed by atoms with Crippen LogP contribution in [0, 0.1) is 0 Å². The SMILES string of the molecule is COc1ccc(CN2C(=O)N(Cc3cccc(OC)c3)c3ccccc3S2(=O)=O)cc1. The summed E-state index contributed by atoms with van der Waals surface area (Å²) in [6, 6.07) is 20.3. The minimum atomic E-state index is -4.00. The number of carbonyl (C=O) groups excluding carboxylic acids is 1. The van der Waals surface area contributed by atoms with Gasteiger partial charge in [-0.1, -0.05) is 36.4 Å². The molecule has 3 aromatic rings. The maximum Gasteiger partial charge on any atom is 0.339 e. The summed E-state index contributed by atoms with van der Waals surface area (Å²) < 4.78 is 37.9. The van der Waals surface area contributed by atoms with Crippen LogP contribution < -0.4 is 14.4 Å². The van der Waals surface area contributed by atoms with E-state index in [2.05, 4.69) is 0 Å². The van der Waals surface area contributed by atoms with E-state index in [-0.39, 0.29) is 18.0 Å². The molecule has 0 aromatic heterocycles. The van der Waals surface area contributed by atoms with Crippen molar-refractivity contribution < 1.29 is 22.7 Å². The molecule has 1 aliphatic heterocycles. The van der Waals surface area contributed by atoms with Crippen LogP contribution in [0.2, 0.25) is 0 Å². The van der Waals surface area contributed by atoms with Gasteiger partial charge in [-0.2, -0.15) is 0 Å². The lowest BCUT2D eigenvalue weighted by atomic mass is 10.2. The van der Waals surface area contributed by atoms with E-state index in [9.17, 15) is 13.2 Å². The number of fused-ring (bicyclic) bond motifs is 1. The van der Waals surface area contributed by atoms with Gasteiger partial charge in [0.15, 0.2) is 0 Å². The summed E-state index contributed by atoms with van der Waals surface area (Å²) in [4.78, 5) is 15.0. The van der Waals surface area contributed by atoms with Crippen molar-refractivity contribution in [1.29, 1.82) is 0 Å². The third-order valence-electron chi connectivity index (χ3n) is 5.13. The number of hydrogen-bond donors (Lipinski definition) is 0. The molecule has 8 heteroatoms. The molecule has 1 aliphatic rings. The predicted octanol–water partition coefficient (Wildman–Crippen LogP) is 4.03. The van der Waals surface area contributed by atoms with Gasteiger partial charge in [-0.3, -0.25) is 4.90 Å². The number of urea groups is 1. The predicted molar refractivity (Wildman–Crippen MR) is 117 cm³/mol. The van der Waals surface area contributed by atoms with Crippen LogP contribution >= 0.6 is 0 Å². The Bertz CT molecular complexity index is 1210. The molecule has 0 saturated carbocycles. The van der Waals surface area contributed by atoms with Crippen molar-refractivity contribution in [2.75, 3.05) is 19.1 Å². The summed E-state index contributed by atoms with van der Waals surface area (Å²) in [5.41, 5.74) is 1.87. The quantitative estimate of drug-likeness (QED) is 0.581. The fourth-order valence-electron chi connectivity index (χ4n) is 3.51. The molecule has 0 saturated heterocycles. The first kappa shape index (κ1) is 20.7. The molecule has 7 nitrogen and oxygen atoms in total. The molecule has 2 amide bonds. The van der Waals surface area contributed by atoms with Gasteiger partial charge < -0.3 is 9.47 Å². The fraction of sp³-hybridized carbons (Fsp3) is 0.174. The molecular formula is C23H22N2O5S. The fourth-order valence-corrected chi connectivity index (χ4v) is 5.07. The highest BCUT2D eigenvalue weighted by Gasteiger charge is 2.41. The molecular weight excluding hydrogens is 416 g/mol. The second kappa shape index (κ2) is 8.31. The summed E-state index contributed by atoms with van der Waals surface area (Å²) in [5, 5.41) is 0. The van der Waals surface area contributed by atoms with Crippen molar-refractivity contribution in [1.82, 2.24) is 4.31 Å². The number of anilines is 1. The van der Waals surface area contributed by atoms with Gasteiger partial charge in [-0.05, 0) is 47.5 Å². The van der Waals surface area contributed by atoms with Gasteiger partial charge in [0, 0.05) is 0 Å². The van der Waals surface area contributed by atoms with Gasteiger partial charge in [-0.15, -0.1) is 0 Å². The molecule has 0 atom stereocenters. The van der Waals surface area contributed by atoms with E-state index >= 15 is 0 Å². The summed E-state index contributed by atoms with van der Waals surface area (Å²) in [6.07, 6.45) is 0. The Morgan fingerprint density at radius 3 is 2.19 bits per heavy atom. The highest BCUT2D eigenvalue weighted by atomic mass is 32.2. The van der Waals surface area contributed by atoms with Crippen LogP contribution in [-0.2, 0) is 23.1 Å². The van der Waals surface area contributed by atoms with E-state index in [1.807, 2.05) is 24.3 Å². The van der Waals surface area contributed by atoms with E-state index in [1.165, 1.54) is 11.0 Å². The Kier molecular flexibility index (Phi) is 5.56. The molecule has 1 heterocycles. The Labute approximate surface area is 181 Å². The number of para-hydroxylation sites is 1. The van der Waals surface area contributed by atoms with E-state index in [1.54, 1.807) is 56.7 Å². The lowest BCUT2D eigenvalue weighted by molar-refractivity contribution is 0.226. The van der Waals surface area contributed by atoms with Crippen LogP contribution in [0.1, 0.15) is 11.1 Å². The van der Waals surface area contributed by atoms with E-state index < -0.39 is 16.1 Å². The largest absolute Gasteiger partial charge is 0.497 e. The number of methoxy groups -OCH3 is 2. The first-order valence-electron chi connectivity index (χ1n) is 9.63. The normalized spacial score (nSPS) is 14.8. The smallest absolute Gasteiger partial charge is 0.339 e. The molecule has 160 valence electrons. The summed E-state index contributed by atoms with van der Waals surface area (Å²) in [6.45, 7) is 0.135. The van der Waals surface area contributed by atoms with Gasteiger partial charge in [-0.25, -0.2) is 17.5 Å². The van der Waals surface area contributed by atoms with Crippen LogP contribution in [0.3, 0.4) is 0 Å². The number of sulfonamides is 1. The molecule has 4 rings (SSSR count). The molecule has 0 radical (unpaired) electrons. The third-order valence-corrected chi connectivity index (χ3v) is 6.90. The second-order valence-electron chi connectivity index (χ2n) is 7.05. The van der Waals surface area contributed by atoms with Crippen LogP contribution in [0.5, 0.6) is 11.5 Å². The van der Waals surface area contributed by atoms with Crippen molar-refractivity contribution in [3.63, 3.8) is 0 Å². The minimum Gasteiger partial charge on any atom is -0.497 e. The van der Waals surface area contributed by atoms with Crippen LogP contribution in [0.4, 0.5) is 10.5 Å². The van der Waals surface area contributed by atoms with E-state index in [4.69, 9.17) is 9.47 Å². The Balaban J connectivity index is 1.73. The van der Waals surface area contributed by atoms with Gasteiger partial charge in [0.05, 0.1) is 33.0 Å². The number of benzene rings is 3. The maximum absolute atomic E-state index is 13.4. The number of nitrogens with zero attached hydrogens (tertiary/aromatic N) is 2. The summed E-state index contributed by atoms with van der Waals surface area (Å²) >= 11 is 0. The highest BCUT2D eigenvalue weighted by Crippen LogP contribution is 2.36. The van der Waals surface area contributed by atoms with Gasteiger partial charge in [0.2, 0.25) is 0 Å². The summed E-state index contributed by atoms with van der Waals surface area (Å²) in [7, 11) is -0.868. The molecule has 31 heavy (non-hydrogen) atoms. The number of hydrogen-bond acceptors (Lipinski definition) is 5. The first-order valence-corrected chi connectivity index (χ1v) is 11.1. The topological polar surface area (TPSA) is 76.2 Å². The van der Waals surface area contributed by atoms with Crippen LogP contribution in [0.15, 0.2) is 77.7 Å². The molecule has 0 aliphatic carbocycles. The monoisotopic (exact) mass is 438 g/mol. The lowest BCUT2D eigenvalue weighted by Gasteiger charge is -2.36. The number of ether oxygens (including phenoxy) is 2.